The lowest BCUT2D eigenvalue weighted by atomic mass is 9.95. The molecule has 1 heteroatoms. The maximum Gasteiger partial charge on any atom is 0.0708 e. The Kier molecular flexibility index (Phi) is 3.17. The van der Waals surface area contributed by atoms with Gasteiger partial charge in [0, 0.05) is 11.8 Å². The summed E-state index contributed by atoms with van der Waals surface area (Å²) in [5.74, 6) is 0. The monoisotopic (exact) mass is 281 g/mol. The molecular weight excluding hydrogens is 266 g/mol. The van der Waals surface area contributed by atoms with Gasteiger partial charge in [-0.25, -0.2) is 0 Å². The number of aromatic nitrogens is 1. The van der Waals surface area contributed by atoms with Crippen molar-refractivity contribution >= 4 is 10.8 Å². The van der Waals surface area contributed by atoms with Gasteiger partial charge in [-0.3, -0.25) is 4.98 Å². The molecule has 0 aliphatic heterocycles. The Bertz CT molecular complexity index is 926. The van der Waals surface area contributed by atoms with Crippen molar-refractivity contribution < 1.29 is 0 Å². The zero-order chi connectivity index (χ0) is 14.8. The molecule has 1 aromatic heterocycles. The molecule has 0 unspecified atom stereocenters. The second-order valence-corrected chi connectivity index (χ2v) is 5.32. The molecule has 0 radical (unpaired) electrons. The van der Waals surface area contributed by atoms with E-state index in [9.17, 15) is 0 Å². The molecule has 0 aliphatic carbocycles. The minimum Gasteiger partial charge on any atom is -0.256 e. The lowest BCUT2D eigenvalue weighted by Crippen LogP contribution is -1.87. The molecule has 0 saturated heterocycles. The van der Waals surface area contributed by atoms with E-state index in [4.69, 9.17) is 0 Å². The van der Waals surface area contributed by atoms with Crippen LogP contribution in [0.1, 0.15) is 0 Å². The minimum atomic E-state index is 1.01. The van der Waals surface area contributed by atoms with E-state index in [1.165, 1.54) is 27.5 Å². The highest BCUT2D eigenvalue weighted by Crippen LogP contribution is 2.32. The topological polar surface area (TPSA) is 12.9 Å². The maximum absolute atomic E-state index is 4.50. The molecule has 0 spiro atoms. The SMILES string of the molecule is c1ccc(-c2ccccc2-c2ccc3ccccc3c2)nc1. The first-order chi connectivity index (χ1) is 10.9. The van der Waals surface area contributed by atoms with Crippen molar-refractivity contribution in [3.63, 3.8) is 0 Å². The average Bonchev–Trinajstić information content (AvgIpc) is 2.62. The molecule has 3 aromatic carbocycles. The van der Waals surface area contributed by atoms with Crippen LogP contribution in [-0.4, -0.2) is 4.98 Å². The van der Waals surface area contributed by atoms with E-state index >= 15 is 0 Å². The Labute approximate surface area is 129 Å². The normalized spacial score (nSPS) is 10.7. The van der Waals surface area contributed by atoms with Crippen LogP contribution >= 0.6 is 0 Å². The van der Waals surface area contributed by atoms with Crippen LogP contribution in [0.5, 0.6) is 0 Å². The third-order valence-corrected chi connectivity index (χ3v) is 3.93. The first kappa shape index (κ1) is 12.8. The van der Waals surface area contributed by atoms with Crippen LogP contribution in [-0.2, 0) is 0 Å². The Morgan fingerprint density at radius 2 is 1.27 bits per heavy atom. The van der Waals surface area contributed by atoms with Crippen molar-refractivity contribution in [1.82, 2.24) is 4.98 Å². The van der Waals surface area contributed by atoms with Gasteiger partial charge < -0.3 is 0 Å². The Morgan fingerprint density at radius 3 is 2.09 bits per heavy atom. The number of fused-ring (bicyclic) bond motifs is 1. The van der Waals surface area contributed by atoms with E-state index in [-0.39, 0.29) is 0 Å². The fourth-order valence-corrected chi connectivity index (χ4v) is 2.84. The fraction of sp³-hybridized carbons (Fsp3) is 0. The predicted molar refractivity (Wildman–Crippen MR) is 92.6 cm³/mol. The Hall–Kier alpha value is -2.93. The Morgan fingerprint density at radius 1 is 0.545 bits per heavy atom. The van der Waals surface area contributed by atoms with Crippen molar-refractivity contribution in [2.24, 2.45) is 0 Å². The number of rotatable bonds is 2. The molecule has 0 fully saturated rings. The maximum atomic E-state index is 4.50. The summed E-state index contributed by atoms with van der Waals surface area (Å²) >= 11 is 0. The van der Waals surface area contributed by atoms with Gasteiger partial charge in [0.15, 0.2) is 0 Å². The average molecular weight is 281 g/mol. The highest BCUT2D eigenvalue weighted by molar-refractivity contribution is 5.90. The second kappa shape index (κ2) is 5.45. The van der Waals surface area contributed by atoms with Crippen LogP contribution in [0, 0.1) is 0 Å². The summed E-state index contributed by atoms with van der Waals surface area (Å²) in [6.45, 7) is 0. The van der Waals surface area contributed by atoms with Gasteiger partial charge in [-0.2, -0.15) is 0 Å². The molecular formula is C21H15N. The number of nitrogens with zero attached hydrogens (tertiary/aromatic N) is 1. The van der Waals surface area contributed by atoms with Gasteiger partial charge in [0.2, 0.25) is 0 Å². The molecule has 4 aromatic rings. The fourth-order valence-electron chi connectivity index (χ4n) is 2.84. The van der Waals surface area contributed by atoms with E-state index in [2.05, 4.69) is 77.8 Å². The molecule has 0 amide bonds. The third-order valence-electron chi connectivity index (χ3n) is 3.93. The summed E-state index contributed by atoms with van der Waals surface area (Å²) in [7, 11) is 0. The molecule has 0 saturated carbocycles. The van der Waals surface area contributed by atoms with Gasteiger partial charge >= 0.3 is 0 Å². The van der Waals surface area contributed by atoms with Gasteiger partial charge in [-0.1, -0.05) is 66.7 Å². The molecule has 1 nitrogen and oxygen atoms in total. The highest BCUT2D eigenvalue weighted by atomic mass is 14.7. The summed E-state index contributed by atoms with van der Waals surface area (Å²) in [5, 5.41) is 2.53. The van der Waals surface area contributed by atoms with Crippen molar-refractivity contribution in [2.75, 3.05) is 0 Å². The smallest absolute Gasteiger partial charge is 0.0708 e. The van der Waals surface area contributed by atoms with Crippen molar-refractivity contribution in [1.29, 1.82) is 0 Å². The van der Waals surface area contributed by atoms with E-state index < -0.39 is 0 Å². The summed E-state index contributed by atoms with van der Waals surface area (Å²) in [6, 6.07) is 29.5. The van der Waals surface area contributed by atoms with Gasteiger partial charge in [-0.05, 0) is 40.1 Å². The number of benzene rings is 3. The van der Waals surface area contributed by atoms with Gasteiger partial charge in [-0.15, -0.1) is 0 Å². The summed E-state index contributed by atoms with van der Waals surface area (Å²) in [4.78, 5) is 4.50. The molecule has 0 atom stereocenters. The molecule has 0 N–H and O–H groups in total. The van der Waals surface area contributed by atoms with E-state index in [1.807, 2.05) is 18.3 Å². The predicted octanol–water partition coefficient (Wildman–Crippen LogP) is 5.57. The molecule has 22 heavy (non-hydrogen) atoms. The molecule has 104 valence electrons. The number of hydrogen-bond acceptors (Lipinski definition) is 1. The quantitative estimate of drug-likeness (QED) is 0.468. The Balaban J connectivity index is 1.92. The zero-order valence-corrected chi connectivity index (χ0v) is 12.1. The molecule has 1 heterocycles. The largest absolute Gasteiger partial charge is 0.256 e. The molecule has 4 rings (SSSR count). The number of hydrogen-bond donors (Lipinski definition) is 0. The highest BCUT2D eigenvalue weighted by Gasteiger charge is 2.08. The van der Waals surface area contributed by atoms with Gasteiger partial charge in [0.25, 0.3) is 0 Å². The third kappa shape index (κ3) is 2.27. The van der Waals surface area contributed by atoms with E-state index in [1.54, 1.807) is 0 Å². The molecule has 0 bridgehead atoms. The van der Waals surface area contributed by atoms with E-state index in [0.29, 0.717) is 0 Å². The first-order valence-corrected chi connectivity index (χ1v) is 7.41. The summed E-state index contributed by atoms with van der Waals surface area (Å²) < 4.78 is 0. The van der Waals surface area contributed by atoms with Crippen LogP contribution in [0.25, 0.3) is 33.2 Å². The standard InChI is InChI=1S/C21H15N/c1-2-8-17-15-18(13-12-16(17)7-1)19-9-3-4-10-20(19)21-11-5-6-14-22-21/h1-15H. The zero-order valence-electron chi connectivity index (χ0n) is 12.1. The summed E-state index contributed by atoms with van der Waals surface area (Å²) in [5.41, 5.74) is 4.61. The van der Waals surface area contributed by atoms with Gasteiger partial charge in [0.1, 0.15) is 0 Å². The van der Waals surface area contributed by atoms with Crippen LogP contribution in [0.3, 0.4) is 0 Å². The first-order valence-electron chi connectivity index (χ1n) is 7.41. The minimum absolute atomic E-state index is 1.01. The second-order valence-electron chi connectivity index (χ2n) is 5.32. The lowest BCUT2D eigenvalue weighted by Gasteiger charge is -2.10. The van der Waals surface area contributed by atoms with Gasteiger partial charge in [0.05, 0.1) is 5.69 Å². The van der Waals surface area contributed by atoms with Crippen LogP contribution in [0.4, 0.5) is 0 Å². The van der Waals surface area contributed by atoms with Crippen molar-refractivity contribution in [3.05, 3.63) is 91.1 Å². The van der Waals surface area contributed by atoms with Crippen molar-refractivity contribution in [2.45, 2.75) is 0 Å². The van der Waals surface area contributed by atoms with Crippen molar-refractivity contribution in [3.8, 4) is 22.4 Å². The molecule has 0 aliphatic rings. The number of pyridine rings is 1. The van der Waals surface area contributed by atoms with Crippen LogP contribution < -0.4 is 0 Å². The van der Waals surface area contributed by atoms with Crippen LogP contribution in [0.2, 0.25) is 0 Å². The van der Waals surface area contributed by atoms with E-state index in [0.717, 1.165) is 5.69 Å². The van der Waals surface area contributed by atoms with Crippen LogP contribution in [0.15, 0.2) is 91.1 Å². The lowest BCUT2D eigenvalue weighted by molar-refractivity contribution is 1.33. The summed E-state index contributed by atoms with van der Waals surface area (Å²) in [6.07, 6.45) is 1.84.